The molecule has 0 saturated heterocycles. The summed E-state index contributed by atoms with van der Waals surface area (Å²) < 4.78 is 9.07. The molecule has 0 radical (unpaired) electrons. The SMILES string of the molecule is COc1cccc(-n2c(C)c(C)c3c2ncn2nc([C@H](C)N4C(=O)c5ccccc5C4=O)nc32)c1. The number of amides is 2. The van der Waals surface area contributed by atoms with Crippen LogP contribution in [0.1, 0.15) is 50.8 Å². The van der Waals surface area contributed by atoms with Gasteiger partial charge in [-0.15, -0.1) is 5.10 Å². The molecule has 5 aromatic rings. The van der Waals surface area contributed by atoms with E-state index < -0.39 is 6.04 Å². The van der Waals surface area contributed by atoms with Gasteiger partial charge < -0.3 is 4.74 Å². The molecule has 35 heavy (non-hydrogen) atoms. The molecule has 3 aromatic heterocycles. The third-order valence-electron chi connectivity index (χ3n) is 6.75. The summed E-state index contributed by atoms with van der Waals surface area (Å²) in [7, 11) is 1.64. The van der Waals surface area contributed by atoms with E-state index in [1.807, 2.05) is 38.1 Å². The molecule has 6 rings (SSSR count). The fourth-order valence-corrected chi connectivity index (χ4v) is 4.79. The maximum absolute atomic E-state index is 13.0. The number of hydrogen-bond donors (Lipinski definition) is 0. The summed E-state index contributed by atoms with van der Waals surface area (Å²) in [5, 5.41) is 5.45. The Labute approximate surface area is 200 Å². The molecule has 4 heterocycles. The zero-order valence-corrected chi connectivity index (χ0v) is 19.7. The lowest BCUT2D eigenvalue weighted by molar-refractivity contribution is 0.0589. The number of nitrogens with zero attached hydrogens (tertiary/aromatic N) is 6. The number of benzene rings is 2. The van der Waals surface area contributed by atoms with E-state index in [4.69, 9.17) is 14.7 Å². The smallest absolute Gasteiger partial charge is 0.262 e. The second kappa shape index (κ2) is 7.49. The Morgan fingerprint density at radius 1 is 0.943 bits per heavy atom. The Bertz CT molecular complexity index is 1650. The number of methoxy groups -OCH3 is 1. The van der Waals surface area contributed by atoms with Gasteiger partial charge in [-0.25, -0.2) is 14.5 Å². The van der Waals surface area contributed by atoms with Gasteiger partial charge in [0.1, 0.15) is 12.1 Å². The van der Waals surface area contributed by atoms with Crippen LogP contribution in [0.5, 0.6) is 5.75 Å². The lowest BCUT2D eigenvalue weighted by Crippen LogP contribution is -2.33. The van der Waals surface area contributed by atoms with Crippen molar-refractivity contribution in [2.75, 3.05) is 7.11 Å². The first-order chi connectivity index (χ1) is 16.9. The third kappa shape index (κ3) is 2.91. The second-order valence-corrected chi connectivity index (χ2v) is 8.63. The van der Waals surface area contributed by atoms with E-state index in [-0.39, 0.29) is 11.8 Å². The molecular formula is C26H22N6O3. The normalized spacial score (nSPS) is 14.2. The Kier molecular flexibility index (Phi) is 4.50. The lowest BCUT2D eigenvalue weighted by atomic mass is 10.1. The summed E-state index contributed by atoms with van der Waals surface area (Å²) in [6.07, 6.45) is 1.61. The molecule has 2 aromatic carbocycles. The Balaban J connectivity index is 1.48. The molecular weight excluding hydrogens is 444 g/mol. The molecule has 0 aliphatic carbocycles. The highest BCUT2D eigenvalue weighted by molar-refractivity contribution is 6.21. The zero-order chi connectivity index (χ0) is 24.4. The number of carbonyl (C=O) groups is 2. The summed E-state index contributed by atoms with van der Waals surface area (Å²) in [6.45, 7) is 5.82. The number of aromatic nitrogens is 5. The Morgan fingerprint density at radius 3 is 2.34 bits per heavy atom. The minimum atomic E-state index is -0.640. The molecule has 9 nitrogen and oxygen atoms in total. The highest BCUT2D eigenvalue weighted by atomic mass is 16.5. The van der Waals surface area contributed by atoms with Gasteiger partial charge in [-0.2, -0.15) is 0 Å². The second-order valence-electron chi connectivity index (χ2n) is 8.63. The van der Waals surface area contributed by atoms with Gasteiger partial charge in [-0.05, 0) is 50.6 Å². The molecule has 0 fully saturated rings. The van der Waals surface area contributed by atoms with Crippen molar-refractivity contribution >= 4 is 28.5 Å². The minimum absolute atomic E-state index is 0.337. The number of imide groups is 1. The first kappa shape index (κ1) is 21.0. The van der Waals surface area contributed by atoms with Crippen molar-refractivity contribution in [1.29, 1.82) is 0 Å². The van der Waals surface area contributed by atoms with Crippen molar-refractivity contribution in [2.24, 2.45) is 0 Å². The van der Waals surface area contributed by atoms with Crippen molar-refractivity contribution in [3.05, 3.63) is 83.1 Å². The number of carbonyl (C=O) groups excluding carboxylic acids is 2. The molecule has 9 heteroatoms. The monoisotopic (exact) mass is 466 g/mol. The van der Waals surface area contributed by atoms with E-state index in [9.17, 15) is 9.59 Å². The maximum Gasteiger partial charge on any atom is 0.262 e. The number of hydrogen-bond acceptors (Lipinski definition) is 6. The number of fused-ring (bicyclic) bond motifs is 4. The number of rotatable bonds is 4. The van der Waals surface area contributed by atoms with Gasteiger partial charge in [0.15, 0.2) is 17.1 Å². The quantitative estimate of drug-likeness (QED) is 0.371. The van der Waals surface area contributed by atoms with Crippen molar-refractivity contribution in [2.45, 2.75) is 26.8 Å². The van der Waals surface area contributed by atoms with E-state index in [0.29, 0.717) is 22.6 Å². The third-order valence-corrected chi connectivity index (χ3v) is 6.75. The van der Waals surface area contributed by atoms with Gasteiger partial charge >= 0.3 is 0 Å². The number of ether oxygens (including phenoxy) is 1. The van der Waals surface area contributed by atoms with Gasteiger partial charge in [-0.3, -0.25) is 19.1 Å². The molecule has 0 unspecified atom stereocenters. The van der Waals surface area contributed by atoms with E-state index >= 15 is 0 Å². The van der Waals surface area contributed by atoms with Gasteiger partial charge in [0, 0.05) is 11.8 Å². The van der Waals surface area contributed by atoms with Crippen molar-refractivity contribution in [3.8, 4) is 11.4 Å². The first-order valence-electron chi connectivity index (χ1n) is 11.2. The van der Waals surface area contributed by atoms with Gasteiger partial charge in [0.25, 0.3) is 11.8 Å². The van der Waals surface area contributed by atoms with E-state index in [2.05, 4.69) is 9.67 Å². The maximum atomic E-state index is 13.0. The molecule has 174 valence electrons. The van der Waals surface area contributed by atoms with Crippen LogP contribution in [0.25, 0.3) is 22.4 Å². The van der Waals surface area contributed by atoms with E-state index in [1.165, 1.54) is 4.90 Å². The fourth-order valence-electron chi connectivity index (χ4n) is 4.79. The summed E-state index contributed by atoms with van der Waals surface area (Å²) in [4.78, 5) is 36.7. The average Bonchev–Trinajstić information content (AvgIpc) is 3.50. The summed E-state index contributed by atoms with van der Waals surface area (Å²) >= 11 is 0. The zero-order valence-electron chi connectivity index (χ0n) is 19.7. The van der Waals surface area contributed by atoms with Crippen LogP contribution in [-0.4, -0.2) is 48.0 Å². The summed E-state index contributed by atoms with van der Waals surface area (Å²) in [6, 6.07) is 14.0. The van der Waals surface area contributed by atoms with Crippen LogP contribution >= 0.6 is 0 Å². The van der Waals surface area contributed by atoms with Gasteiger partial charge in [0.05, 0.1) is 35.4 Å². The summed E-state index contributed by atoms with van der Waals surface area (Å²) in [5.41, 5.74) is 5.14. The average molecular weight is 467 g/mol. The first-order valence-corrected chi connectivity index (χ1v) is 11.2. The van der Waals surface area contributed by atoms with Crippen molar-refractivity contribution in [3.63, 3.8) is 0 Å². The van der Waals surface area contributed by atoms with Crippen LogP contribution in [0.4, 0.5) is 0 Å². The van der Waals surface area contributed by atoms with Crippen LogP contribution in [0.15, 0.2) is 54.9 Å². The molecule has 0 spiro atoms. The summed E-state index contributed by atoms with van der Waals surface area (Å²) in [5.74, 6) is 0.454. The van der Waals surface area contributed by atoms with Crippen LogP contribution in [0, 0.1) is 13.8 Å². The Hall–Kier alpha value is -4.53. The topological polar surface area (TPSA) is 94.6 Å². The van der Waals surface area contributed by atoms with Crippen molar-refractivity contribution in [1.82, 2.24) is 29.0 Å². The van der Waals surface area contributed by atoms with Crippen LogP contribution < -0.4 is 4.74 Å². The van der Waals surface area contributed by atoms with Gasteiger partial charge in [0.2, 0.25) is 0 Å². The highest BCUT2D eigenvalue weighted by Crippen LogP contribution is 2.33. The van der Waals surface area contributed by atoms with Gasteiger partial charge in [-0.1, -0.05) is 18.2 Å². The van der Waals surface area contributed by atoms with Crippen molar-refractivity contribution < 1.29 is 14.3 Å². The van der Waals surface area contributed by atoms with Crippen LogP contribution in [0.2, 0.25) is 0 Å². The largest absolute Gasteiger partial charge is 0.497 e. The minimum Gasteiger partial charge on any atom is -0.497 e. The lowest BCUT2D eigenvalue weighted by Gasteiger charge is -2.19. The predicted molar refractivity (Wildman–Crippen MR) is 129 cm³/mol. The molecule has 0 N–H and O–H groups in total. The fraction of sp³-hybridized carbons (Fsp3) is 0.192. The predicted octanol–water partition coefficient (Wildman–Crippen LogP) is 4.05. The van der Waals surface area contributed by atoms with E-state index in [0.717, 1.165) is 33.7 Å². The molecule has 1 aliphatic rings. The van der Waals surface area contributed by atoms with Crippen LogP contribution in [-0.2, 0) is 0 Å². The highest BCUT2D eigenvalue weighted by Gasteiger charge is 2.40. The molecule has 0 saturated carbocycles. The standard InChI is InChI=1S/C26H22N6O3/c1-14-15(2)31(17-8-7-9-18(12-17)35-4)23-21(14)24-28-22(29-30(24)13-27-23)16(3)32-25(33)19-10-5-6-11-20(19)26(32)34/h5-13,16H,1-4H3/t16-/m0/s1. The molecule has 1 atom stereocenters. The molecule has 0 bridgehead atoms. The van der Waals surface area contributed by atoms with Crippen LogP contribution in [0.3, 0.4) is 0 Å². The molecule has 1 aliphatic heterocycles. The number of aryl methyl sites for hydroxylation is 1. The Morgan fingerprint density at radius 2 is 1.66 bits per heavy atom. The molecule has 2 amide bonds. The van der Waals surface area contributed by atoms with E-state index in [1.54, 1.807) is 49.1 Å².